The van der Waals surface area contributed by atoms with E-state index < -0.39 is 42.7 Å². The minimum atomic E-state index is -1.45. The second-order valence-corrected chi connectivity index (χ2v) is 7.86. The average Bonchev–Trinajstić information content (AvgIpc) is 2.78. The third-order valence-electron chi connectivity index (χ3n) is 6.59. The Hall–Kier alpha value is -0.570. The van der Waals surface area contributed by atoms with Gasteiger partial charge in [-0.15, -0.1) is 0 Å². The van der Waals surface area contributed by atoms with Gasteiger partial charge in [0.05, 0.1) is 12.7 Å². The zero-order chi connectivity index (χ0) is 17.2. The maximum Gasteiger partial charge on any atom is 0.186 e. The second kappa shape index (κ2) is 5.47. The molecule has 132 valence electrons. The fourth-order valence-electron chi connectivity index (χ4n) is 4.46. The first kappa shape index (κ1) is 17.3. The van der Waals surface area contributed by atoms with Gasteiger partial charge in [-0.25, -0.2) is 0 Å². The van der Waals surface area contributed by atoms with Gasteiger partial charge >= 0.3 is 0 Å². The number of aliphatic hydroxyl groups excluding tert-OH is 4. The normalized spacial score (nSPS) is 52.1. The Balaban J connectivity index is 1.75. The Morgan fingerprint density at radius 2 is 1.83 bits per heavy atom. The predicted molar refractivity (Wildman–Crippen MR) is 78.3 cm³/mol. The zero-order valence-corrected chi connectivity index (χ0v) is 13.7. The number of hydrogen-bond acceptors (Lipinski definition) is 7. The standard InChI is InChI=1S/C16H26O7/c1-15(2)7-4-10(18)16(15,3)5-8(7)22-14-13(21)12(20)11(19)9(6-17)23-14/h7-9,11-14,17,19-21H,4-6H2,1-3H3. The fraction of sp³-hybridized carbons (Fsp3) is 0.938. The van der Waals surface area contributed by atoms with Gasteiger partial charge in [0.15, 0.2) is 6.29 Å². The molecule has 0 aromatic carbocycles. The number of ketones is 1. The molecule has 0 amide bonds. The highest BCUT2D eigenvalue weighted by Crippen LogP contribution is 2.64. The van der Waals surface area contributed by atoms with E-state index in [9.17, 15) is 25.2 Å². The highest BCUT2D eigenvalue weighted by molar-refractivity contribution is 5.89. The van der Waals surface area contributed by atoms with Crippen molar-refractivity contribution in [1.29, 1.82) is 0 Å². The molecule has 0 aromatic heterocycles. The Morgan fingerprint density at radius 3 is 2.30 bits per heavy atom. The van der Waals surface area contributed by atoms with E-state index in [4.69, 9.17) is 9.47 Å². The van der Waals surface area contributed by atoms with Crippen LogP contribution in [0.15, 0.2) is 0 Å². The molecule has 1 heterocycles. The number of ether oxygens (including phenoxy) is 2. The molecule has 3 rings (SSSR count). The lowest BCUT2D eigenvalue weighted by Crippen LogP contribution is -2.60. The van der Waals surface area contributed by atoms with Crippen molar-refractivity contribution in [1.82, 2.24) is 0 Å². The number of fused-ring (bicyclic) bond motifs is 2. The summed E-state index contributed by atoms with van der Waals surface area (Å²) in [6.07, 6.45) is -5.66. The van der Waals surface area contributed by atoms with Crippen LogP contribution in [0.5, 0.6) is 0 Å². The highest BCUT2D eigenvalue weighted by Gasteiger charge is 2.66. The lowest BCUT2D eigenvalue weighted by molar-refractivity contribution is -0.314. The van der Waals surface area contributed by atoms with E-state index in [0.717, 1.165) is 0 Å². The average molecular weight is 330 g/mol. The van der Waals surface area contributed by atoms with E-state index in [1.807, 2.05) is 6.92 Å². The molecular formula is C16H26O7. The largest absolute Gasteiger partial charge is 0.394 e. The van der Waals surface area contributed by atoms with Gasteiger partial charge in [-0.05, 0) is 17.8 Å². The third-order valence-corrected chi connectivity index (χ3v) is 6.59. The van der Waals surface area contributed by atoms with Crippen LogP contribution in [0.3, 0.4) is 0 Å². The molecule has 4 N–H and O–H groups in total. The first-order valence-electron chi connectivity index (χ1n) is 8.12. The summed E-state index contributed by atoms with van der Waals surface area (Å²) in [6.45, 7) is 5.57. The van der Waals surface area contributed by atoms with E-state index in [0.29, 0.717) is 12.8 Å². The van der Waals surface area contributed by atoms with Crippen molar-refractivity contribution in [3.8, 4) is 0 Å². The molecule has 0 spiro atoms. The zero-order valence-electron chi connectivity index (χ0n) is 13.7. The van der Waals surface area contributed by atoms with Crippen LogP contribution < -0.4 is 0 Å². The Bertz CT molecular complexity index is 491. The van der Waals surface area contributed by atoms with E-state index >= 15 is 0 Å². The molecule has 2 bridgehead atoms. The molecule has 2 aliphatic carbocycles. The van der Waals surface area contributed by atoms with Crippen molar-refractivity contribution in [2.45, 2.75) is 70.4 Å². The van der Waals surface area contributed by atoms with Crippen LogP contribution in [0.2, 0.25) is 0 Å². The van der Waals surface area contributed by atoms with E-state index in [-0.39, 0.29) is 23.2 Å². The minimum Gasteiger partial charge on any atom is -0.394 e. The number of carbonyl (C=O) groups excluding carboxylic acids is 1. The summed E-state index contributed by atoms with van der Waals surface area (Å²) in [5.41, 5.74) is -0.667. The van der Waals surface area contributed by atoms with E-state index in [1.54, 1.807) is 0 Å². The molecule has 0 aromatic rings. The first-order valence-corrected chi connectivity index (χ1v) is 8.12. The van der Waals surface area contributed by atoms with Crippen molar-refractivity contribution < 1.29 is 34.7 Å². The number of aliphatic hydroxyl groups is 4. The van der Waals surface area contributed by atoms with Crippen LogP contribution in [-0.2, 0) is 14.3 Å². The quantitative estimate of drug-likeness (QED) is 0.535. The van der Waals surface area contributed by atoms with Crippen molar-refractivity contribution in [2.24, 2.45) is 16.7 Å². The summed E-state index contributed by atoms with van der Waals surface area (Å²) in [7, 11) is 0. The molecule has 0 radical (unpaired) electrons. The Morgan fingerprint density at radius 1 is 1.17 bits per heavy atom. The molecule has 8 unspecified atom stereocenters. The lowest BCUT2D eigenvalue weighted by atomic mass is 9.70. The molecule has 23 heavy (non-hydrogen) atoms. The van der Waals surface area contributed by atoms with Crippen molar-refractivity contribution in [3.63, 3.8) is 0 Å². The van der Waals surface area contributed by atoms with Crippen LogP contribution in [0.1, 0.15) is 33.6 Å². The van der Waals surface area contributed by atoms with E-state index in [2.05, 4.69) is 13.8 Å². The summed E-state index contributed by atoms with van der Waals surface area (Å²) >= 11 is 0. The van der Waals surface area contributed by atoms with Gasteiger partial charge in [0.25, 0.3) is 0 Å². The molecule has 7 heteroatoms. The van der Waals surface area contributed by atoms with Gasteiger partial charge in [-0.2, -0.15) is 0 Å². The monoisotopic (exact) mass is 330 g/mol. The molecule has 8 atom stereocenters. The smallest absolute Gasteiger partial charge is 0.186 e. The number of hydrogen-bond donors (Lipinski definition) is 4. The topological polar surface area (TPSA) is 116 Å². The van der Waals surface area contributed by atoms with Crippen LogP contribution >= 0.6 is 0 Å². The maximum absolute atomic E-state index is 12.2. The molecule has 1 saturated heterocycles. The summed E-state index contributed by atoms with van der Waals surface area (Å²) < 4.78 is 11.3. The molecule has 1 aliphatic heterocycles. The molecule has 2 saturated carbocycles. The van der Waals surface area contributed by atoms with Crippen molar-refractivity contribution >= 4 is 5.78 Å². The third kappa shape index (κ3) is 2.29. The van der Waals surface area contributed by atoms with Gasteiger partial charge < -0.3 is 29.9 Å². The Labute approximate surface area is 135 Å². The van der Waals surface area contributed by atoms with Crippen LogP contribution in [0, 0.1) is 16.7 Å². The minimum absolute atomic E-state index is 0.0207. The maximum atomic E-state index is 12.2. The summed E-state index contributed by atoms with van der Waals surface area (Å²) in [4.78, 5) is 12.2. The van der Waals surface area contributed by atoms with Crippen molar-refractivity contribution in [3.05, 3.63) is 0 Å². The van der Waals surface area contributed by atoms with Crippen molar-refractivity contribution in [2.75, 3.05) is 6.61 Å². The number of Topliss-reactive ketones (excluding diaryl/α,β-unsaturated/α-hetero) is 1. The van der Waals surface area contributed by atoms with Crippen LogP contribution in [-0.4, -0.2) is 69.6 Å². The van der Waals surface area contributed by atoms with Gasteiger partial charge in [-0.1, -0.05) is 20.8 Å². The molecule has 3 aliphatic rings. The van der Waals surface area contributed by atoms with Gasteiger partial charge in [0, 0.05) is 11.8 Å². The predicted octanol–water partition coefficient (Wildman–Crippen LogP) is -0.803. The number of carbonyl (C=O) groups is 1. The Kier molecular flexibility index (Phi) is 4.11. The van der Waals surface area contributed by atoms with Gasteiger partial charge in [0.2, 0.25) is 0 Å². The highest BCUT2D eigenvalue weighted by atomic mass is 16.7. The van der Waals surface area contributed by atoms with Crippen LogP contribution in [0.25, 0.3) is 0 Å². The van der Waals surface area contributed by atoms with Gasteiger partial charge in [0.1, 0.15) is 30.2 Å². The van der Waals surface area contributed by atoms with Crippen LogP contribution in [0.4, 0.5) is 0 Å². The molecule has 3 fully saturated rings. The summed E-state index contributed by atoms with van der Waals surface area (Å²) in [5, 5.41) is 39.0. The molecular weight excluding hydrogens is 304 g/mol. The SMILES string of the molecule is CC12CC(OC3OC(CO)C(O)C(O)C3O)C(CC1=O)C2(C)C. The second-order valence-electron chi connectivity index (χ2n) is 7.86. The lowest BCUT2D eigenvalue weighted by Gasteiger charge is -2.41. The number of rotatable bonds is 3. The summed E-state index contributed by atoms with van der Waals surface area (Å²) in [6, 6.07) is 0. The summed E-state index contributed by atoms with van der Waals surface area (Å²) in [5.74, 6) is 0.258. The van der Waals surface area contributed by atoms with Gasteiger partial charge in [-0.3, -0.25) is 4.79 Å². The first-order chi connectivity index (χ1) is 10.6. The molecule has 7 nitrogen and oxygen atoms in total. The van der Waals surface area contributed by atoms with E-state index in [1.165, 1.54) is 0 Å². The fourth-order valence-corrected chi connectivity index (χ4v) is 4.46.